The number of ether oxygens (including phenoxy) is 2. The Morgan fingerprint density at radius 1 is 1.23 bits per heavy atom. The summed E-state index contributed by atoms with van der Waals surface area (Å²) in [4.78, 5) is 8.29. The van der Waals surface area contributed by atoms with E-state index in [1.54, 1.807) is 14.0 Å². The van der Waals surface area contributed by atoms with Crippen LogP contribution in [0.5, 0.6) is 0 Å². The Kier molecular flexibility index (Phi) is 6.35. The van der Waals surface area contributed by atoms with Gasteiger partial charge in [0.05, 0.1) is 22.4 Å². The van der Waals surface area contributed by atoms with E-state index in [-0.39, 0.29) is 17.1 Å². The summed E-state index contributed by atoms with van der Waals surface area (Å²) in [5.74, 6) is 1.74. The Morgan fingerprint density at radius 3 is 2.42 bits per heavy atom. The van der Waals surface area contributed by atoms with Crippen LogP contribution in [0.4, 0.5) is 0 Å². The van der Waals surface area contributed by atoms with Crippen molar-refractivity contribution in [3.05, 3.63) is 34.9 Å². The largest absolute Gasteiger partial charge is 0.382 e. The molecule has 9 nitrogen and oxygen atoms in total. The predicted octanol–water partition coefficient (Wildman–Crippen LogP) is 2.82. The van der Waals surface area contributed by atoms with Crippen molar-refractivity contribution in [2.45, 2.75) is 67.6 Å². The van der Waals surface area contributed by atoms with Crippen LogP contribution in [-0.2, 0) is 30.6 Å². The van der Waals surface area contributed by atoms with Crippen molar-refractivity contribution in [1.82, 2.24) is 24.7 Å². The normalized spacial score (nSPS) is 20.3. The van der Waals surface area contributed by atoms with E-state index in [9.17, 15) is 8.42 Å². The van der Waals surface area contributed by atoms with Crippen molar-refractivity contribution < 1.29 is 17.9 Å². The van der Waals surface area contributed by atoms with E-state index in [0.717, 1.165) is 37.9 Å². The second-order valence-corrected chi connectivity index (χ2v) is 11.3. The summed E-state index contributed by atoms with van der Waals surface area (Å²) in [7, 11) is -0.540. The lowest BCUT2D eigenvalue weighted by molar-refractivity contribution is 0.0947. The van der Waals surface area contributed by atoms with Crippen molar-refractivity contribution >= 4 is 21.4 Å². The zero-order valence-corrected chi connectivity index (χ0v) is 19.6. The molecule has 2 aromatic rings. The molecule has 170 valence electrons. The predicted molar refractivity (Wildman–Crippen MR) is 115 cm³/mol. The molecule has 0 aromatic carbocycles. The number of nitrogens with zero attached hydrogens (tertiary/aromatic N) is 5. The quantitative estimate of drug-likeness (QED) is 0.522. The average Bonchev–Trinajstić information content (AvgIpc) is 3.36. The molecule has 0 saturated heterocycles. The minimum absolute atomic E-state index is 0.229. The van der Waals surface area contributed by atoms with Gasteiger partial charge in [-0.2, -0.15) is 0 Å². The number of methoxy groups -OCH3 is 2. The Balaban J connectivity index is 1.63. The van der Waals surface area contributed by atoms with Gasteiger partial charge in [0, 0.05) is 32.5 Å². The fraction of sp³-hybridized carbons (Fsp3) is 0.700. The smallest absolute Gasteiger partial charge is 0.163 e. The van der Waals surface area contributed by atoms with Crippen LogP contribution in [0.15, 0.2) is 12.4 Å². The van der Waals surface area contributed by atoms with Gasteiger partial charge in [-0.25, -0.2) is 18.4 Å². The Bertz CT molecular complexity index is 1020. The van der Waals surface area contributed by atoms with E-state index < -0.39 is 21.2 Å². The monoisotopic (exact) mass is 469 g/mol. The van der Waals surface area contributed by atoms with E-state index in [4.69, 9.17) is 21.1 Å². The molecule has 2 aromatic heterocycles. The van der Waals surface area contributed by atoms with Crippen molar-refractivity contribution in [1.29, 1.82) is 0 Å². The highest BCUT2D eigenvalue weighted by atomic mass is 35.5. The van der Waals surface area contributed by atoms with E-state index >= 15 is 0 Å². The van der Waals surface area contributed by atoms with E-state index in [0.29, 0.717) is 23.4 Å². The highest BCUT2D eigenvalue weighted by molar-refractivity contribution is 7.91. The number of sulfone groups is 1. The minimum Gasteiger partial charge on any atom is -0.382 e. The molecule has 0 N–H and O–H groups in total. The summed E-state index contributed by atoms with van der Waals surface area (Å²) in [5, 5.41) is 8.25. The number of aromatic nitrogens is 5. The number of halogens is 1. The van der Waals surface area contributed by atoms with E-state index in [1.165, 1.54) is 19.5 Å². The van der Waals surface area contributed by atoms with Gasteiger partial charge >= 0.3 is 0 Å². The second kappa shape index (κ2) is 8.73. The van der Waals surface area contributed by atoms with Gasteiger partial charge in [-0.15, -0.1) is 10.2 Å². The van der Waals surface area contributed by atoms with Gasteiger partial charge < -0.3 is 14.0 Å². The maximum atomic E-state index is 13.4. The molecule has 2 heterocycles. The SMILES string of the molecule is COCC1(n2c(CS(=O)(=O)[C@@H](C)[C@H](OC)c3ncc(Cl)cn3)nnc2C2CCC2)CC1. The van der Waals surface area contributed by atoms with Crippen LogP contribution in [0.1, 0.15) is 68.5 Å². The van der Waals surface area contributed by atoms with Crippen LogP contribution < -0.4 is 0 Å². The Labute approximate surface area is 187 Å². The minimum atomic E-state index is -3.66. The maximum Gasteiger partial charge on any atom is 0.163 e. The van der Waals surface area contributed by atoms with Gasteiger partial charge in [0.15, 0.2) is 15.7 Å². The summed E-state index contributed by atoms with van der Waals surface area (Å²) < 4.78 is 39.8. The van der Waals surface area contributed by atoms with Crippen molar-refractivity contribution in [3.63, 3.8) is 0 Å². The molecule has 0 amide bonds. The number of hydrogen-bond acceptors (Lipinski definition) is 8. The van der Waals surface area contributed by atoms with Gasteiger partial charge in [-0.3, -0.25) is 0 Å². The third kappa shape index (κ3) is 4.35. The van der Waals surface area contributed by atoms with E-state index in [1.807, 2.05) is 0 Å². The highest BCUT2D eigenvalue weighted by Crippen LogP contribution is 2.48. The highest BCUT2D eigenvalue weighted by Gasteiger charge is 2.49. The molecular weight excluding hydrogens is 442 g/mol. The molecule has 0 bridgehead atoms. The van der Waals surface area contributed by atoms with Crippen LogP contribution in [0, 0.1) is 0 Å². The van der Waals surface area contributed by atoms with Gasteiger partial charge in [0.2, 0.25) is 0 Å². The first-order valence-corrected chi connectivity index (χ1v) is 12.6. The summed E-state index contributed by atoms with van der Waals surface area (Å²) in [6.45, 7) is 2.13. The van der Waals surface area contributed by atoms with Gasteiger partial charge in [-0.05, 0) is 32.6 Å². The molecular formula is C20H28ClN5O4S. The molecule has 0 spiro atoms. The number of hydrogen-bond donors (Lipinski definition) is 0. The maximum absolute atomic E-state index is 13.4. The first-order chi connectivity index (χ1) is 14.8. The first kappa shape index (κ1) is 22.6. The molecule has 2 aliphatic rings. The molecule has 2 saturated carbocycles. The van der Waals surface area contributed by atoms with Crippen molar-refractivity contribution in [2.24, 2.45) is 0 Å². The molecule has 0 aliphatic heterocycles. The van der Waals surface area contributed by atoms with Gasteiger partial charge in [0.25, 0.3) is 0 Å². The summed E-state index contributed by atoms with van der Waals surface area (Å²) >= 11 is 5.86. The molecule has 2 atom stereocenters. The molecule has 0 unspecified atom stereocenters. The molecule has 0 radical (unpaired) electrons. The Hall–Kier alpha value is -1.62. The van der Waals surface area contributed by atoms with Crippen molar-refractivity contribution in [2.75, 3.05) is 20.8 Å². The average molecular weight is 470 g/mol. The summed E-state index contributed by atoms with van der Waals surface area (Å²) in [6, 6.07) is 0. The van der Waals surface area contributed by atoms with Crippen LogP contribution in [0.3, 0.4) is 0 Å². The lowest BCUT2D eigenvalue weighted by Gasteiger charge is -2.29. The fourth-order valence-corrected chi connectivity index (χ4v) is 5.71. The van der Waals surface area contributed by atoms with Crippen LogP contribution in [-0.4, -0.2) is 59.2 Å². The summed E-state index contributed by atoms with van der Waals surface area (Å²) in [5.41, 5.74) is -0.239. The lowest BCUT2D eigenvalue weighted by atomic mass is 9.84. The first-order valence-electron chi connectivity index (χ1n) is 10.5. The van der Waals surface area contributed by atoms with Crippen LogP contribution in [0.2, 0.25) is 5.02 Å². The third-order valence-electron chi connectivity index (χ3n) is 6.41. The fourth-order valence-electron chi connectivity index (χ4n) is 4.19. The second-order valence-electron chi connectivity index (χ2n) is 8.52. The Morgan fingerprint density at radius 2 is 1.90 bits per heavy atom. The third-order valence-corrected chi connectivity index (χ3v) is 8.65. The standard InChI is InChI=1S/C20H28ClN5O4S/c1-13(17(30-3)18-22-9-15(21)10-23-18)31(27,28)11-16-24-25-19(14-5-4-6-14)26(16)20(7-8-20)12-29-2/h9-10,13-14,17H,4-8,11-12H2,1-3H3/t13-,17-/m0/s1. The lowest BCUT2D eigenvalue weighted by Crippen LogP contribution is -2.33. The van der Waals surface area contributed by atoms with Gasteiger partial charge in [0.1, 0.15) is 23.5 Å². The van der Waals surface area contributed by atoms with Crippen molar-refractivity contribution in [3.8, 4) is 0 Å². The zero-order chi connectivity index (χ0) is 22.2. The molecule has 2 aliphatic carbocycles. The molecule has 2 fully saturated rings. The summed E-state index contributed by atoms with van der Waals surface area (Å²) in [6.07, 6.45) is 7.18. The van der Waals surface area contributed by atoms with E-state index in [2.05, 4.69) is 24.7 Å². The molecule has 31 heavy (non-hydrogen) atoms. The number of rotatable bonds is 10. The topological polar surface area (TPSA) is 109 Å². The zero-order valence-electron chi connectivity index (χ0n) is 18.0. The van der Waals surface area contributed by atoms with Crippen LogP contribution >= 0.6 is 11.6 Å². The van der Waals surface area contributed by atoms with Crippen LogP contribution in [0.25, 0.3) is 0 Å². The molecule has 4 rings (SSSR count). The molecule has 11 heteroatoms. The van der Waals surface area contributed by atoms with Gasteiger partial charge in [-0.1, -0.05) is 18.0 Å².